The molecule has 182 valence electrons. The van der Waals surface area contributed by atoms with Crippen LogP contribution >= 0.6 is 0 Å². The quantitative estimate of drug-likeness (QED) is 0.222. The van der Waals surface area contributed by atoms with Gasteiger partial charge >= 0.3 is 0 Å². The van der Waals surface area contributed by atoms with Crippen molar-refractivity contribution < 1.29 is 13.9 Å². The molecule has 0 radical (unpaired) electrons. The highest BCUT2D eigenvalue weighted by atomic mass is 28.4. The zero-order valence-corrected chi connectivity index (χ0v) is 22.4. The molecule has 3 aliphatic rings. The second-order valence-electron chi connectivity index (χ2n) is 11.2. The minimum absolute atomic E-state index is 0.0740. The van der Waals surface area contributed by atoms with Crippen molar-refractivity contribution in [3.8, 4) is 0 Å². The van der Waals surface area contributed by atoms with Crippen molar-refractivity contribution in [1.82, 2.24) is 0 Å². The number of rotatable bonds is 12. The SMILES string of the molecule is CC[Si](CC)(CC)O[C@@H]1CCC[C@]2(C)[C@@H]1CC[C@H]2C(C)CCCCOC1CCCCO1. The number of hydrogen-bond donors (Lipinski definition) is 0. The largest absolute Gasteiger partial charge is 0.414 e. The van der Waals surface area contributed by atoms with Gasteiger partial charge in [-0.3, -0.25) is 0 Å². The Bertz CT molecular complexity index is 508. The van der Waals surface area contributed by atoms with Gasteiger partial charge in [0.2, 0.25) is 0 Å². The molecular weight excluding hydrogens is 400 g/mol. The summed E-state index contributed by atoms with van der Waals surface area (Å²) in [4.78, 5) is 0. The van der Waals surface area contributed by atoms with E-state index in [1.54, 1.807) is 0 Å². The summed E-state index contributed by atoms with van der Waals surface area (Å²) < 4.78 is 18.8. The van der Waals surface area contributed by atoms with E-state index < -0.39 is 8.32 Å². The summed E-state index contributed by atoms with van der Waals surface area (Å²) in [6.45, 7) is 14.1. The van der Waals surface area contributed by atoms with E-state index in [0.29, 0.717) is 11.5 Å². The summed E-state index contributed by atoms with van der Waals surface area (Å²) >= 11 is 0. The number of ether oxygens (including phenoxy) is 2. The van der Waals surface area contributed by atoms with Gasteiger partial charge in [-0.1, -0.05) is 53.9 Å². The van der Waals surface area contributed by atoms with Gasteiger partial charge < -0.3 is 13.9 Å². The zero-order chi connectivity index (χ0) is 22.3. The molecule has 6 atom stereocenters. The molecule has 0 aromatic heterocycles. The summed E-state index contributed by atoms with van der Waals surface area (Å²) in [5, 5.41) is 0. The Labute approximate surface area is 194 Å². The van der Waals surface area contributed by atoms with E-state index >= 15 is 0 Å². The molecule has 4 heteroatoms. The van der Waals surface area contributed by atoms with Crippen LogP contribution in [0.2, 0.25) is 18.1 Å². The standard InChI is InChI=1S/C27H52O3Si/c1-6-31(7-2,8-3)30-25-15-13-19-27(5)23(17-18-24(25)27)22(4)14-9-11-20-28-26-16-10-12-21-29-26/h22-26H,6-21H2,1-5H3/t22?,23-,24+,25+,26?,27-/m0/s1. The van der Waals surface area contributed by atoms with Gasteiger partial charge in [-0.15, -0.1) is 0 Å². The lowest BCUT2D eigenvalue weighted by Crippen LogP contribution is -2.48. The topological polar surface area (TPSA) is 27.7 Å². The first-order valence-corrected chi connectivity index (χ1v) is 16.4. The second kappa shape index (κ2) is 12.0. The zero-order valence-electron chi connectivity index (χ0n) is 21.4. The molecule has 2 saturated carbocycles. The maximum absolute atomic E-state index is 7.11. The molecule has 3 nitrogen and oxygen atoms in total. The van der Waals surface area contributed by atoms with Crippen LogP contribution in [-0.4, -0.2) is 33.9 Å². The van der Waals surface area contributed by atoms with Gasteiger partial charge in [0.1, 0.15) is 0 Å². The van der Waals surface area contributed by atoms with Crippen molar-refractivity contribution in [2.75, 3.05) is 13.2 Å². The third-order valence-electron chi connectivity index (χ3n) is 9.65. The molecule has 3 rings (SSSR count). The fourth-order valence-corrected chi connectivity index (χ4v) is 10.3. The van der Waals surface area contributed by atoms with E-state index in [9.17, 15) is 0 Å². The monoisotopic (exact) mass is 452 g/mol. The third-order valence-corrected chi connectivity index (χ3v) is 14.3. The van der Waals surface area contributed by atoms with Crippen LogP contribution in [0, 0.1) is 23.2 Å². The van der Waals surface area contributed by atoms with Gasteiger partial charge in [0.05, 0.1) is 0 Å². The first kappa shape index (κ1) is 25.7. The number of fused-ring (bicyclic) bond motifs is 1. The smallest absolute Gasteiger partial charge is 0.192 e. The molecular formula is C27H52O3Si. The molecule has 0 aromatic carbocycles. The second-order valence-corrected chi connectivity index (χ2v) is 16.0. The first-order chi connectivity index (χ1) is 15.0. The molecule has 0 amide bonds. The Kier molecular flexibility index (Phi) is 9.95. The fraction of sp³-hybridized carbons (Fsp3) is 1.00. The highest BCUT2D eigenvalue weighted by Gasteiger charge is 2.53. The lowest BCUT2D eigenvalue weighted by atomic mass is 9.61. The Morgan fingerprint density at radius 3 is 2.42 bits per heavy atom. The average molecular weight is 453 g/mol. The summed E-state index contributed by atoms with van der Waals surface area (Å²) in [5.74, 6) is 2.51. The van der Waals surface area contributed by atoms with Crippen molar-refractivity contribution in [3.05, 3.63) is 0 Å². The minimum Gasteiger partial charge on any atom is -0.414 e. The Morgan fingerprint density at radius 2 is 1.74 bits per heavy atom. The summed E-state index contributed by atoms with van der Waals surface area (Å²) in [7, 11) is -1.52. The molecule has 1 heterocycles. The van der Waals surface area contributed by atoms with E-state index in [2.05, 4.69) is 34.6 Å². The summed E-state index contributed by atoms with van der Waals surface area (Å²) in [5.41, 5.74) is 0.504. The summed E-state index contributed by atoms with van der Waals surface area (Å²) in [6.07, 6.45) is 14.9. The lowest BCUT2D eigenvalue weighted by Gasteiger charge is -2.49. The molecule has 0 bridgehead atoms. The van der Waals surface area contributed by atoms with Gasteiger partial charge in [0.15, 0.2) is 14.6 Å². The van der Waals surface area contributed by atoms with Gasteiger partial charge in [-0.2, -0.15) is 0 Å². The van der Waals surface area contributed by atoms with E-state index in [0.717, 1.165) is 37.4 Å². The summed E-state index contributed by atoms with van der Waals surface area (Å²) in [6, 6.07) is 3.86. The first-order valence-electron chi connectivity index (χ1n) is 13.9. The van der Waals surface area contributed by atoms with Crippen LogP contribution in [0.5, 0.6) is 0 Å². The highest BCUT2D eigenvalue weighted by molar-refractivity contribution is 6.73. The molecule has 0 N–H and O–H groups in total. The van der Waals surface area contributed by atoms with Gasteiger partial charge in [0, 0.05) is 19.3 Å². The van der Waals surface area contributed by atoms with Crippen LogP contribution in [0.15, 0.2) is 0 Å². The highest BCUT2D eigenvalue weighted by Crippen LogP contribution is 2.59. The van der Waals surface area contributed by atoms with Crippen LogP contribution < -0.4 is 0 Å². The molecule has 0 spiro atoms. The van der Waals surface area contributed by atoms with Crippen molar-refractivity contribution in [2.45, 2.75) is 136 Å². The van der Waals surface area contributed by atoms with Crippen LogP contribution in [0.3, 0.4) is 0 Å². The van der Waals surface area contributed by atoms with Crippen molar-refractivity contribution >= 4 is 8.32 Å². The Morgan fingerprint density at radius 1 is 0.968 bits per heavy atom. The van der Waals surface area contributed by atoms with Crippen LogP contribution in [0.25, 0.3) is 0 Å². The Balaban J connectivity index is 1.47. The van der Waals surface area contributed by atoms with Crippen molar-refractivity contribution in [1.29, 1.82) is 0 Å². The molecule has 2 aliphatic carbocycles. The van der Waals surface area contributed by atoms with E-state index in [-0.39, 0.29) is 6.29 Å². The molecule has 0 aromatic rings. The van der Waals surface area contributed by atoms with Gasteiger partial charge in [-0.25, -0.2) is 0 Å². The van der Waals surface area contributed by atoms with E-state index in [4.69, 9.17) is 13.9 Å². The van der Waals surface area contributed by atoms with Gasteiger partial charge in [-0.05, 0) is 92.7 Å². The lowest BCUT2D eigenvalue weighted by molar-refractivity contribution is -0.162. The van der Waals surface area contributed by atoms with E-state index in [1.165, 1.54) is 82.3 Å². The van der Waals surface area contributed by atoms with Crippen LogP contribution in [-0.2, 0) is 13.9 Å². The molecule has 3 fully saturated rings. The van der Waals surface area contributed by atoms with Gasteiger partial charge in [0.25, 0.3) is 0 Å². The predicted molar refractivity (Wildman–Crippen MR) is 133 cm³/mol. The maximum Gasteiger partial charge on any atom is 0.192 e. The van der Waals surface area contributed by atoms with Crippen LogP contribution in [0.4, 0.5) is 0 Å². The Hall–Kier alpha value is 0.0969. The molecule has 1 aliphatic heterocycles. The fourth-order valence-electron chi connectivity index (χ4n) is 7.38. The maximum atomic E-state index is 7.11. The van der Waals surface area contributed by atoms with Crippen molar-refractivity contribution in [2.24, 2.45) is 23.2 Å². The number of unbranched alkanes of at least 4 members (excludes halogenated alkanes) is 1. The van der Waals surface area contributed by atoms with Crippen molar-refractivity contribution in [3.63, 3.8) is 0 Å². The van der Waals surface area contributed by atoms with Crippen LogP contribution in [0.1, 0.15) is 105 Å². The minimum atomic E-state index is -1.52. The normalized spacial score (nSPS) is 35.1. The average Bonchev–Trinajstić information content (AvgIpc) is 3.16. The predicted octanol–water partition coefficient (Wildman–Crippen LogP) is 7.94. The third kappa shape index (κ3) is 6.16. The molecule has 2 unspecified atom stereocenters. The molecule has 31 heavy (non-hydrogen) atoms. The number of hydrogen-bond acceptors (Lipinski definition) is 3. The van der Waals surface area contributed by atoms with E-state index in [1.807, 2.05) is 0 Å². The molecule has 1 saturated heterocycles.